The van der Waals surface area contributed by atoms with E-state index >= 15 is 0 Å². The van der Waals surface area contributed by atoms with Crippen LogP contribution in [0.1, 0.15) is 330 Å². The van der Waals surface area contributed by atoms with Gasteiger partial charge in [-0.1, -0.05) is 290 Å². The van der Waals surface area contributed by atoms with Crippen molar-refractivity contribution in [2.75, 3.05) is 13.2 Å². The Kier molecular flexibility index (Phi) is 57.9. The Balaban J connectivity index is 0. The lowest BCUT2D eigenvalue weighted by atomic mass is 10.0. The van der Waals surface area contributed by atoms with E-state index in [0.717, 1.165) is 19.6 Å². The van der Waals surface area contributed by atoms with E-state index in [9.17, 15) is 4.79 Å². The quantitative estimate of drug-likeness (QED) is 0.0453. The number of unbranched alkanes of at least 4 members (excludes halogenated alkanes) is 42. The summed E-state index contributed by atoms with van der Waals surface area (Å²) in [4.78, 5) is 11.3. The number of carbonyl (C=O) groups is 1. The summed E-state index contributed by atoms with van der Waals surface area (Å²) >= 11 is 0. The van der Waals surface area contributed by atoms with Gasteiger partial charge in [-0.25, -0.2) is 0 Å². The van der Waals surface area contributed by atoms with Crippen molar-refractivity contribution in [3.63, 3.8) is 0 Å². The maximum atomic E-state index is 11.3. The van der Waals surface area contributed by atoms with Gasteiger partial charge in [-0.05, 0) is 33.1 Å². The third-order valence-corrected chi connectivity index (χ3v) is 12.1. The predicted octanol–water partition coefficient (Wildman–Crippen LogP) is 19.9. The number of rotatable bonds is 49. The van der Waals surface area contributed by atoms with Gasteiger partial charge in [-0.3, -0.25) is 4.79 Å². The van der Waals surface area contributed by atoms with Crippen molar-refractivity contribution >= 4 is 5.97 Å². The number of ether oxygens (including phenoxy) is 2. The normalized spacial score (nSPS) is 11.3. The van der Waals surface area contributed by atoms with E-state index in [1.54, 1.807) is 0 Å². The average molecular weight is 821 g/mol. The van der Waals surface area contributed by atoms with Crippen LogP contribution in [0, 0.1) is 0 Å². The molecule has 3 heteroatoms. The summed E-state index contributed by atoms with van der Waals surface area (Å²) < 4.78 is 11.0. The predicted molar refractivity (Wildman–Crippen MR) is 261 cm³/mol. The van der Waals surface area contributed by atoms with Gasteiger partial charge in [0.15, 0.2) is 0 Å². The fraction of sp³-hybridized carbons (Fsp3) is 0.982. The summed E-state index contributed by atoms with van der Waals surface area (Å²) in [5.74, 6) is -0.0342. The van der Waals surface area contributed by atoms with Crippen LogP contribution in [0.4, 0.5) is 0 Å². The van der Waals surface area contributed by atoms with Gasteiger partial charge in [-0.2, -0.15) is 0 Å². The molecule has 0 aromatic carbocycles. The Bertz CT molecular complexity index is 671. The fourth-order valence-corrected chi connectivity index (χ4v) is 8.22. The van der Waals surface area contributed by atoms with Crippen LogP contribution in [0.5, 0.6) is 0 Å². The molecule has 0 amide bonds. The van der Waals surface area contributed by atoms with Crippen molar-refractivity contribution < 1.29 is 14.3 Å². The number of esters is 1. The van der Waals surface area contributed by atoms with Gasteiger partial charge in [0.25, 0.3) is 0 Å². The molecule has 0 heterocycles. The maximum absolute atomic E-state index is 11.3. The third kappa shape index (κ3) is 59.7. The van der Waals surface area contributed by atoms with Crippen LogP contribution in [-0.2, 0) is 14.3 Å². The van der Waals surface area contributed by atoms with E-state index in [2.05, 4.69) is 20.8 Å². The summed E-state index contributed by atoms with van der Waals surface area (Å²) in [6.45, 7) is 12.7. The Hall–Kier alpha value is -0.570. The lowest BCUT2D eigenvalue weighted by Crippen LogP contribution is -2.10. The lowest BCUT2D eigenvalue weighted by Gasteiger charge is -2.07. The van der Waals surface area contributed by atoms with Gasteiger partial charge in [-0.15, -0.1) is 0 Å². The highest BCUT2D eigenvalue weighted by Crippen LogP contribution is 2.16. The third-order valence-electron chi connectivity index (χ3n) is 12.1. The molecule has 58 heavy (non-hydrogen) atoms. The van der Waals surface area contributed by atoms with Crippen LogP contribution in [-0.4, -0.2) is 25.3 Å². The second kappa shape index (κ2) is 56.4. The molecule has 0 aliphatic carbocycles. The zero-order valence-corrected chi connectivity index (χ0v) is 41.2. The first-order valence-corrected chi connectivity index (χ1v) is 27.4. The van der Waals surface area contributed by atoms with E-state index in [-0.39, 0.29) is 12.1 Å². The highest BCUT2D eigenvalue weighted by atomic mass is 16.5. The van der Waals surface area contributed by atoms with Crippen molar-refractivity contribution in [3.8, 4) is 0 Å². The van der Waals surface area contributed by atoms with Gasteiger partial charge in [0.05, 0.1) is 6.10 Å². The minimum atomic E-state index is -0.0342. The molecule has 0 bridgehead atoms. The molecule has 0 saturated carbocycles. The molecule has 350 valence electrons. The van der Waals surface area contributed by atoms with Crippen molar-refractivity contribution in [3.05, 3.63) is 0 Å². The van der Waals surface area contributed by atoms with Crippen molar-refractivity contribution in [2.24, 2.45) is 0 Å². The standard InChI is InChI=1S/C36H74O.C19H38O2/c1-3-5-7-9-11-13-15-17-19-21-23-25-27-29-31-33-35-37-36-34-32-30-28-26-24-22-20-18-16-14-12-10-8-6-4-2;1-4-5-6-7-8-9-10-11-12-13-14-15-16-17-19(20)21-18(2)3/h3-36H2,1-2H3;18H,4-17H2,1-3H3. The summed E-state index contributed by atoms with van der Waals surface area (Å²) in [7, 11) is 0. The molecule has 0 saturated heterocycles. The molecule has 0 N–H and O–H groups in total. The number of hydrogen-bond acceptors (Lipinski definition) is 3. The van der Waals surface area contributed by atoms with Crippen LogP contribution in [0.15, 0.2) is 0 Å². The van der Waals surface area contributed by atoms with Crippen LogP contribution >= 0.6 is 0 Å². The molecule has 0 aromatic heterocycles. The monoisotopic (exact) mass is 821 g/mol. The first kappa shape index (κ1) is 59.5. The van der Waals surface area contributed by atoms with Crippen LogP contribution in [0.2, 0.25) is 0 Å². The Morgan fingerprint density at radius 3 is 0.690 bits per heavy atom. The zero-order chi connectivity index (χ0) is 42.5. The first-order chi connectivity index (χ1) is 28.6. The van der Waals surface area contributed by atoms with E-state index < -0.39 is 0 Å². The summed E-state index contributed by atoms with van der Waals surface area (Å²) in [5.41, 5.74) is 0. The van der Waals surface area contributed by atoms with Crippen LogP contribution in [0.25, 0.3) is 0 Å². The number of hydrogen-bond donors (Lipinski definition) is 0. The second-order valence-corrected chi connectivity index (χ2v) is 18.8. The second-order valence-electron chi connectivity index (χ2n) is 18.8. The molecule has 3 nitrogen and oxygen atoms in total. The Morgan fingerprint density at radius 2 is 0.483 bits per heavy atom. The number of carbonyl (C=O) groups excluding carboxylic acids is 1. The zero-order valence-electron chi connectivity index (χ0n) is 41.2. The topological polar surface area (TPSA) is 35.5 Å². The average Bonchev–Trinajstić information content (AvgIpc) is 3.21. The molecular formula is C55H112O3. The Morgan fingerprint density at radius 1 is 0.293 bits per heavy atom. The smallest absolute Gasteiger partial charge is 0.306 e. The molecule has 0 unspecified atom stereocenters. The summed E-state index contributed by atoms with van der Waals surface area (Å²) in [6.07, 6.45) is 64.0. The summed E-state index contributed by atoms with van der Waals surface area (Å²) in [6, 6.07) is 0. The summed E-state index contributed by atoms with van der Waals surface area (Å²) in [5, 5.41) is 0. The highest BCUT2D eigenvalue weighted by Gasteiger charge is 2.04. The van der Waals surface area contributed by atoms with Gasteiger partial charge < -0.3 is 9.47 Å². The van der Waals surface area contributed by atoms with Crippen LogP contribution in [0.3, 0.4) is 0 Å². The van der Waals surface area contributed by atoms with E-state index in [4.69, 9.17) is 9.47 Å². The van der Waals surface area contributed by atoms with Crippen LogP contribution < -0.4 is 0 Å². The first-order valence-electron chi connectivity index (χ1n) is 27.4. The molecule has 0 fully saturated rings. The largest absolute Gasteiger partial charge is 0.463 e. The lowest BCUT2D eigenvalue weighted by molar-refractivity contribution is -0.147. The SMILES string of the molecule is CCCCCCCCCCCCCCCC(=O)OC(C)C.CCCCCCCCCCCCCCCCCCOCCCCCCCCCCCCCCCCCC. The maximum Gasteiger partial charge on any atom is 0.306 e. The minimum Gasteiger partial charge on any atom is -0.463 e. The van der Waals surface area contributed by atoms with Crippen molar-refractivity contribution in [2.45, 2.75) is 336 Å². The molecule has 0 rings (SSSR count). The molecule has 0 spiro atoms. The van der Waals surface area contributed by atoms with Gasteiger partial charge in [0, 0.05) is 19.6 Å². The fourth-order valence-electron chi connectivity index (χ4n) is 8.22. The minimum absolute atomic E-state index is 0.0273. The van der Waals surface area contributed by atoms with Gasteiger partial charge in [0.2, 0.25) is 0 Å². The molecule has 0 aliphatic heterocycles. The van der Waals surface area contributed by atoms with E-state index in [1.807, 2.05) is 13.8 Å². The van der Waals surface area contributed by atoms with Gasteiger partial charge in [0.1, 0.15) is 0 Å². The molecule has 0 aromatic rings. The highest BCUT2D eigenvalue weighted by molar-refractivity contribution is 5.69. The Labute approximate surface area is 368 Å². The molecule has 0 atom stereocenters. The molecule has 0 aliphatic rings. The van der Waals surface area contributed by atoms with Crippen molar-refractivity contribution in [1.29, 1.82) is 0 Å². The van der Waals surface area contributed by atoms with Crippen molar-refractivity contribution in [1.82, 2.24) is 0 Å². The molecule has 0 radical (unpaired) electrons. The van der Waals surface area contributed by atoms with E-state index in [0.29, 0.717) is 6.42 Å². The van der Waals surface area contributed by atoms with E-state index in [1.165, 1.54) is 283 Å². The molecular weight excluding hydrogens is 709 g/mol. The van der Waals surface area contributed by atoms with Gasteiger partial charge >= 0.3 is 5.97 Å².